The van der Waals surface area contributed by atoms with Crippen molar-refractivity contribution in [3.05, 3.63) is 41.2 Å². The van der Waals surface area contributed by atoms with Crippen LogP contribution in [0.4, 0.5) is 13.2 Å². The predicted molar refractivity (Wildman–Crippen MR) is 110 cm³/mol. The molecule has 0 aliphatic heterocycles. The van der Waals surface area contributed by atoms with E-state index >= 15 is 0 Å². The molecule has 0 aliphatic rings. The number of rotatable bonds is 8. The average Bonchev–Trinajstić information content (AvgIpc) is 2.92. The van der Waals surface area contributed by atoms with Crippen LogP contribution in [0.2, 0.25) is 0 Å². The van der Waals surface area contributed by atoms with Gasteiger partial charge in [-0.3, -0.25) is 9.48 Å². The average molecular weight is 478 g/mol. The van der Waals surface area contributed by atoms with Gasteiger partial charge in [0.1, 0.15) is 10.1 Å². The van der Waals surface area contributed by atoms with Gasteiger partial charge in [0.25, 0.3) is 5.91 Å². The topological polar surface area (TPSA) is 97.2 Å². The summed E-state index contributed by atoms with van der Waals surface area (Å²) >= 11 is 1.07. The lowest BCUT2D eigenvalue weighted by molar-refractivity contribution is -0.137. The summed E-state index contributed by atoms with van der Waals surface area (Å²) < 4.78 is 66.8. The number of hydrogen-bond donors (Lipinski definition) is 1. The molecule has 0 atom stereocenters. The highest BCUT2D eigenvalue weighted by atomic mass is 32.2. The molecule has 0 saturated heterocycles. The summed E-state index contributed by atoms with van der Waals surface area (Å²) in [5.41, 5.74) is 0.208. The number of carbonyl (C=O) groups is 1. The van der Waals surface area contributed by atoms with Crippen molar-refractivity contribution in [2.45, 2.75) is 36.5 Å². The van der Waals surface area contributed by atoms with Crippen molar-refractivity contribution in [1.29, 1.82) is 0 Å². The largest absolute Gasteiger partial charge is 0.417 e. The van der Waals surface area contributed by atoms with Crippen LogP contribution in [0.5, 0.6) is 0 Å². The molecule has 2 aromatic heterocycles. The van der Waals surface area contributed by atoms with Crippen LogP contribution in [0.15, 0.2) is 34.5 Å². The minimum Gasteiger partial charge on any atom is -0.269 e. The maximum Gasteiger partial charge on any atom is 0.417 e. The second kappa shape index (κ2) is 9.83. The van der Waals surface area contributed by atoms with Crippen LogP contribution in [0.25, 0.3) is 6.08 Å². The van der Waals surface area contributed by atoms with Crippen LogP contribution >= 0.6 is 11.8 Å². The first-order valence-electron chi connectivity index (χ1n) is 9.06. The summed E-state index contributed by atoms with van der Waals surface area (Å²) in [6.07, 6.45) is -0.682. The number of halogens is 3. The third kappa shape index (κ3) is 6.55. The highest BCUT2D eigenvalue weighted by Crippen LogP contribution is 2.33. The molecule has 0 saturated carbocycles. The molecule has 170 valence electrons. The summed E-state index contributed by atoms with van der Waals surface area (Å²) in [4.78, 5) is 15.9. The lowest BCUT2D eigenvalue weighted by Crippen LogP contribution is -2.41. The Morgan fingerprint density at radius 2 is 2.03 bits per heavy atom. The first-order chi connectivity index (χ1) is 14.3. The van der Waals surface area contributed by atoms with Crippen LogP contribution in [-0.4, -0.2) is 47.0 Å². The number of carbonyl (C=O) groups excluding carboxylic acids is 1. The van der Waals surface area contributed by atoms with E-state index in [1.165, 1.54) is 23.9 Å². The summed E-state index contributed by atoms with van der Waals surface area (Å²) in [5, 5.41) is 5.08. The number of amides is 1. The Hall–Kier alpha value is -2.38. The molecule has 0 radical (unpaired) electrons. The fourth-order valence-corrected chi connectivity index (χ4v) is 4.35. The van der Waals surface area contributed by atoms with Crippen molar-refractivity contribution in [3.63, 3.8) is 0 Å². The summed E-state index contributed by atoms with van der Waals surface area (Å²) in [7, 11) is -0.950. The number of nitrogens with one attached hydrogen (secondary N) is 1. The SMILES string of the molecule is CCCN(C)S(=O)(=O)NC(=O)/C=C/c1c(C)nn(C)c1Sc1ccc(C(F)(F)F)cn1. The molecule has 0 aliphatic carbocycles. The zero-order valence-electron chi connectivity index (χ0n) is 17.3. The van der Waals surface area contributed by atoms with Crippen molar-refractivity contribution >= 4 is 34.0 Å². The van der Waals surface area contributed by atoms with Gasteiger partial charge in [0, 0.05) is 38.5 Å². The van der Waals surface area contributed by atoms with Crippen molar-refractivity contribution in [1.82, 2.24) is 23.8 Å². The molecule has 0 spiro atoms. The molecule has 2 aromatic rings. The molecule has 31 heavy (non-hydrogen) atoms. The van der Waals surface area contributed by atoms with Crippen LogP contribution < -0.4 is 4.72 Å². The van der Waals surface area contributed by atoms with Gasteiger partial charge in [0.2, 0.25) is 0 Å². The molecule has 2 rings (SSSR count). The molecule has 0 fully saturated rings. The van der Waals surface area contributed by atoms with Gasteiger partial charge in [-0.25, -0.2) is 9.71 Å². The summed E-state index contributed by atoms with van der Waals surface area (Å²) in [6.45, 7) is 3.76. The van der Waals surface area contributed by atoms with Gasteiger partial charge in [0.05, 0.1) is 11.3 Å². The third-order valence-corrected chi connectivity index (χ3v) is 6.65. The highest BCUT2D eigenvalue weighted by molar-refractivity contribution is 7.99. The van der Waals surface area contributed by atoms with E-state index in [0.717, 1.165) is 34.4 Å². The molecular weight excluding hydrogens is 455 g/mol. The van der Waals surface area contributed by atoms with Gasteiger partial charge in [-0.2, -0.15) is 31.0 Å². The first kappa shape index (κ1) is 24.9. The van der Waals surface area contributed by atoms with E-state index in [4.69, 9.17) is 0 Å². The maximum atomic E-state index is 12.7. The Morgan fingerprint density at radius 1 is 1.35 bits per heavy atom. The lowest BCUT2D eigenvalue weighted by Gasteiger charge is -2.15. The summed E-state index contributed by atoms with van der Waals surface area (Å²) in [6, 6.07) is 2.17. The molecule has 0 aromatic carbocycles. The van der Waals surface area contributed by atoms with E-state index in [9.17, 15) is 26.4 Å². The Balaban J connectivity index is 2.21. The second-order valence-electron chi connectivity index (χ2n) is 6.54. The van der Waals surface area contributed by atoms with E-state index in [0.29, 0.717) is 27.7 Å². The maximum absolute atomic E-state index is 12.7. The van der Waals surface area contributed by atoms with Gasteiger partial charge in [-0.15, -0.1) is 0 Å². The van der Waals surface area contributed by atoms with Crippen molar-refractivity contribution in [3.8, 4) is 0 Å². The molecule has 2 heterocycles. The van der Waals surface area contributed by atoms with Gasteiger partial charge in [0.15, 0.2) is 0 Å². The van der Waals surface area contributed by atoms with Gasteiger partial charge < -0.3 is 0 Å². The van der Waals surface area contributed by atoms with E-state index in [1.807, 2.05) is 11.6 Å². The Morgan fingerprint density at radius 3 is 2.58 bits per heavy atom. The van der Waals surface area contributed by atoms with Gasteiger partial charge in [-0.1, -0.05) is 6.92 Å². The molecule has 8 nitrogen and oxygen atoms in total. The van der Waals surface area contributed by atoms with Crippen LogP contribution in [0.1, 0.15) is 30.2 Å². The van der Waals surface area contributed by atoms with E-state index < -0.39 is 27.9 Å². The van der Waals surface area contributed by atoms with Crippen molar-refractivity contribution < 1.29 is 26.4 Å². The Bertz CT molecular complexity index is 1060. The van der Waals surface area contributed by atoms with Crippen LogP contribution in [0.3, 0.4) is 0 Å². The van der Waals surface area contributed by atoms with Crippen LogP contribution in [0, 0.1) is 6.92 Å². The van der Waals surface area contributed by atoms with E-state index in [-0.39, 0.29) is 6.54 Å². The number of alkyl halides is 3. The molecule has 13 heteroatoms. The Labute approximate surface area is 182 Å². The normalized spacial score (nSPS) is 12.6. The minimum absolute atomic E-state index is 0.259. The number of aromatic nitrogens is 3. The number of aryl methyl sites for hydroxylation is 2. The molecule has 1 N–H and O–H groups in total. The molecule has 0 bridgehead atoms. The third-order valence-electron chi connectivity index (χ3n) is 4.06. The van der Waals surface area contributed by atoms with Crippen molar-refractivity contribution in [2.24, 2.45) is 7.05 Å². The number of pyridine rings is 1. The Kier molecular flexibility index (Phi) is 7.89. The number of hydrogen-bond acceptors (Lipinski definition) is 6. The highest BCUT2D eigenvalue weighted by Gasteiger charge is 2.30. The standard InChI is InChI=1S/C18H22F3N5O3S2/c1-5-10-25(3)31(28,29)24-15(27)8-7-14-12(2)23-26(4)17(14)30-16-9-6-13(11-22-16)18(19,20)21/h6-9,11H,5,10H2,1-4H3,(H,24,27)/b8-7+. The monoisotopic (exact) mass is 477 g/mol. The number of nitrogens with zero attached hydrogens (tertiary/aromatic N) is 4. The zero-order valence-corrected chi connectivity index (χ0v) is 18.9. The molecule has 0 unspecified atom stereocenters. The van der Waals surface area contributed by atoms with Gasteiger partial charge >= 0.3 is 16.4 Å². The summed E-state index contributed by atoms with van der Waals surface area (Å²) in [5.74, 6) is -0.838. The fraction of sp³-hybridized carbons (Fsp3) is 0.389. The van der Waals surface area contributed by atoms with E-state index in [1.54, 1.807) is 14.0 Å². The zero-order chi connectivity index (χ0) is 23.4. The van der Waals surface area contributed by atoms with Crippen molar-refractivity contribution in [2.75, 3.05) is 13.6 Å². The molecular formula is C18H22F3N5O3S2. The predicted octanol–water partition coefficient (Wildman–Crippen LogP) is 3.01. The molecule has 1 amide bonds. The smallest absolute Gasteiger partial charge is 0.269 e. The van der Waals surface area contributed by atoms with E-state index in [2.05, 4.69) is 10.1 Å². The lowest BCUT2D eigenvalue weighted by atomic mass is 10.2. The fourth-order valence-electron chi connectivity index (χ4n) is 2.51. The quantitative estimate of drug-likeness (QED) is 0.587. The first-order valence-corrected chi connectivity index (χ1v) is 11.3. The van der Waals surface area contributed by atoms with Crippen LogP contribution in [-0.2, 0) is 28.2 Å². The van der Waals surface area contributed by atoms with Gasteiger partial charge in [-0.05, 0) is 43.3 Å². The minimum atomic E-state index is -4.48. The second-order valence-corrected chi connectivity index (χ2v) is 9.33.